The third kappa shape index (κ3) is 4.30. The zero-order chi connectivity index (χ0) is 17.6. The monoisotopic (exact) mass is 343 g/mol. The van der Waals surface area contributed by atoms with Gasteiger partial charge in [-0.1, -0.05) is 0 Å². The number of urea groups is 1. The van der Waals surface area contributed by atoms with Crippen LogP contribution in [0.1, 0.15) is 11.8 Å². The van der Waals surface area contributed by atoms with Crippen LogP contribution in [0.4, 0.5) is 10.5 Å². The van der Waals surface area contributed by atoms with E-state index in [9.17, 15) is 4.79 Å². The van der Waals surface area contributed by atoms with Crippen molar-refractivity contribution in [2.75, 3.05) is 51.7 Å². The molecule has 1 aliphatic heterocycles. The Hall–Kier alpha value is -2.54. The minimum atomic E-state index is -0.0206. The van der Waals surface area contributed by atoms with Crippen molar-refractivity contribution in [1.29, 1.82) is 0 Å². The Kier molecular flexibility index (Phi) is 5.55. The van der Waals surface area contributed by atoms with Gasteiger partial charge in [0.1, 0.15) is 5.76 Å². The lowest BCUT2D eigenvalue weighted by atomic mass is 10.2. The summed E-state index contributed by atoms with van der Waals surface area (Å²) in [4.78, 5) is 22.7. The largest absolute Gasteiger partial charge is 0.468 e. The molecule has 3 rings (SSSR count). The number of pyridine rings is 1. The van der Waals surface area contributed by atoms with E-state index in [4.69, 9.17) is 4.42 Å². The maximum atomic E-state index is 12.5. The molecule has 134 valence electrons. The SMILES string of the molecule is CN(C)[C@@H](CNC(=O)N1CCN(c2ccncc2)CC1)c1ccco1. The highest BCUT2D eigenvalue weighted by atomic mass is 16.3. The van der Waals surface area contributed by atoms with Crippen molar-refractivity contribution in [2.45, 2.75) is 6.04 Å². The second-order valence-electron chi connectivity index (χ2n) is 6.36. The number of likely N-dealkylation sites (N-methyl/N-ethyl adjacent to an activating group) is 1. The van der Waals surface area contributed by atoms with Crippen LogP contribution in [-0.4, -0.2) is 67.6 Å². The smallest absolute Gasteiger partial charge is 0.317 e. The van der Waals surface area contributed by atoms with Gasteiger partial charge in [-0.2, -0.15) is 0 Å². The number of anilines is 1. The summed E-state index contributed by atoms with van der Waals surface area (Å²) in [7, 11) is 3.96. The molecular formula is C18H25N5O2. The van der Waals surface area contributed by atoms with Crippen LogP contribution in [0.25, 0.3) is 0 Å². The quantitative estimate of drug-likeness (QED) is 0.897. The van der Waals surface area contributed by atoms with E-state index in [1.165, 1.54) is 0 Å². The van der Waals surface area contributed by atoms with Crippen molar-refractivity contribution in [1.82, 2.24) is 20.1 Å². The molecule has 1 saturated heterocycles. The Morgan fingerprint density at radius 2 is 1.96 bits per heavy atom. The van der Waals surface area contributed by atoms with E-state index in [0.29, 0.717) is 19.6 Å². The average molecular weight is 343 g/mol. The Labute approximate surface area is 148 Å². The maximum absolute atomic E-state index is 12.5. The van der Waals surface area contributed by atoms with E-state index in [2.05, 4.69) is 15.2 Å². The number of carbonyl (C=O) groups excluding carboxylic acids is 1. The summed E-state index contributed by atoms with van der Waals surface area (Å²) in [5.74, 6) is 0.854. The molecule has 3 heterocycles. The predicted octanol–water partition coefficient (Wildman–Crippen LogP) is 1.81. The average Bonchev–Trinajstić information content (AvgIpc) is 3.16. The Bertz CT molecular complexity index is 651. The van der Waals surface area contributed by atoms with Crippen LogP contribution in [0.15, 0.2) is 47.3 Å². The number of amides is 2. The summed E-state index contributed by atoms with van der Waals surface area (Å²) in [5, 5.41) is 3.03. The minimum absolute atomic E-state index is 0.0206. The van der Waals surface area contributed by atoms with Crippen LogP contribution < -0.4 is 10.2 Å². The summed E-state index contributed by atoms with van der Waals surface area (Å²) < 4.78 is 5.48. The fourth-order valence-corrected chi connectivity index (χ4v) is 3.04. The van der Waals surface area contributed by atoms with Gasteiger partial charge in [0.2, 0.25) is 0 Å². The number of carbonyl (C=O) groups is 1. The number of piperazine rings is 1. The highest BCUT2D eigenvalue weighted by Gasteiger charge is 2.23. The summed E-state index contributed by atoms with van der Waals surface area (Å²) in [6, 6.07) is 7.81. The molecule has 1 aliphatic rings. The first-order valence-electron chi connectivity index (χ1n) is 8.52. The predicted molar refractivity (Wildman–Crippen MR) is 96.6 cm³/mol. The number of nitrogens with zero attached hydrogens (tertiary/aromatic N) is 4. The van der Waals surface area contributed by atoms with Crippen molar-refractivity contribution in [2.24, 2.45) is 0 Å². The van der Waals surface area contributed by atoms with Gasteiger partial charge in [-0.15, -0.1) is 0 Å². The molecule has 2 aromatic rings. The summed E-state index contributed by atoms with van der Waals surface area (Å²) in [6.07, 6.45) is 5.25. The Balaban J connectivity index is 1.49. The molecule has 7 nitrogen and oxygen atoms in total. The first kappa shape index (κ1) is 17.3. The second kappa shape index (κ2) is 8.02. The fraction of sp³-hybridized carbons (Fsp3) is 0.444. The maximum Gasteiger partial charge on any atom is 0.317 e. The zero-order valence-corrected chi connectivity index (χ0v) is 14.8. The lowest BCUT2D eigenvalue weighted by molar-refractivity contribution is 0.186. The number of hydrogen-bond acceptors (Lipinski definition) is 5. The minimum Gasteiger partial charge on any atom is -0.468 e. The molecule has 1 N–H and O–H groups in total. The lowest BCUT2D eigenvalue weighted by Crippen LogP contribution is -2.52. The highest BCUT2D eigenvalue weighted by Crippen LogP contribution is 2.18. The zero-order valence-electron chi connectivity index (χ0n) is 14.8. The molecular weight excluding hydrogens is 318 g/mol. The van der Waals surface area contributed by atoms with Gasteiger partial charge < -0.3 is 19.5 Å². The molecule has 2 aromatic heterocycles. The van der Waals surface area contributed by atoms with E-state index < -0.39 is 0 Å². The van der Waals surface area contributed by atoms with Crippen molar-refractivity contribution in [3.8, 4) is 0 Å². The van der Waals surface area contributed by atoms with Gasteiger partial charge in [0.25, 0.3) is 0 Å². The molecule has 0 unspecified atom stereocenters. The summed E-state index contributed by atoms with van der Waals surface area (Å²) in [6.45, 7) is 3.59. The first-order valence-corrected chi connectivity index (χ1v) is 8.52. The van der Waals surface area contributed by atoms with Crippen molar-refractivity contribution in [3.05, 3.63) is 48.7 Å². The first-order chi connectivity index (χ1) is 12.1. The molecule has 7 heteroatoms. The van der Waals surface area contributed by atoms with Gasteiger partial charge in [-0.25, -0.2) is 4.79 Å². The summed E-state index contributed by atoms with van der Waals surface area (Å²) >= 11 is 0. The van der Waals surface area contributed by atoms with E-state index in [-0.39, 0.29) is 12.1 Å². The molecule has 0 spiro atoms. The Morgan fingerprint density at radius 1 is 1.24 bits per heavy atom. The normalized spacial score (nSPS) is 16.1. The fourth-order valence-electron chi connectivity index (χ4n) is 3.04. The summed E-state index contributed by atoms with van der Waals surface area (Å²) in [5.41, 5.74) is 1.15. The van der Waals surface area contributed by atoms with Gasteiger partial charge >= 0.3 is 6.03 Å². The van der Waals surface area contributed by atoms with Gasteiger partial charge in [-0.05, 0) is 38.4 Å². The Morgan fingerprint density at radius 3 is 2.56 bits per heavy atom. The lowest BCUT2D eigenvalue weighted by Gasteiger charge is -2.36. The number of furan rings is 1. The highest BCUT2D eigenvalue weighted by molar-refractivity contribution is 5.74. The topological polar surface area (TPSA) is 64.9 Å². The number of nitrogens with one attached hydrogen (secondary N) is 1. The van der Waals surface area contributed by atoms with Crippen LogP contribution in [0, 0.1) is 0 Å². The van der Waals surface area contributed by atoms with Gasteiger partial charge in [0, 0.05) is 50.8 Å². The van der Waals surface area contributed by atoms with Gasteiger partial charge in [-0.3, -0.25) is 9.88 Å². The molecule has 0 aromatic carbocycles. The molecule has 0 saturated carbocycles. The van der Waals surface area contributed by atoms with Crippen LogP contribution in [0.3, 0.4) is 0 Å². The number of hydrogen-bond donors (Lipinski definition) is 1. The third-order valence-electron chi connectivity index (χ3n) is 4.54. The van der Waals surface area contributed by atoms with E-state index >= 15 is 0 Å². The molecule has 0 bridgehead atoms. The van der Waals surface area contributed by atoms with Crippen LogP contribution >= 0.6 is 0 Å². The van der Waals surface area contributed by atoms with Crippen molar-refractivity contribution >= 4 is 11.7 Å². The second-order valence-corrected chi connectivity index (χ2v) is 6.36. The van der Waals surface area contributed by atoms with E-state index in [0.717, 1.165) is 24.5 Å². The van der Waals surface area contributed by atoms with Crippen LogP contribution in [0.2, 0.25) is 0 Å². The van der Waals surface area contributed by atoms with E-state index in [1.54, 1.807) is 18.7 Å². The van der Waals surface area contributed by atoms with E-state index in [1.807, 2.05) is 48.2 Å². The number of rotatable bonds is 5. The van der Waals surface area contributed by atoms with Gasteiger partial charge in [0.05, 0.1) is 12.3 Å². The standard InChI is InChI=1S/C18H25N5O2/c1-21(2)16(17-4-3-13-25-17)14-20-18(24)23-11-9-22(10-12-23)15-5-7-19-8-6-15/h3-8,13,16H,9-12,14H2,1-2H3,(H,20,24)/t16-/m0/s1. The van der Waals surface area contributed by atoms with Crippen LogP contribution in [-0.2, 0) is 0 Å². The van der Waals surface area contributed by atoms with Crippen molar-refractivity contribution in [3.63, 3.8) is 0 Å². The van der Waals surface area contributed by atoms with Gasteiger partial charge in [0.15, 0.2) is 0 Å². The molecule has 1 fully saturated rings. The molecule has 1 atom stereocenters. The molecule has 25 heavy (non-hydrogen) atoms. The number of aromatic nitrogens is 1. The molecule has 0 radical (unpaired) electrons. The molecule has 2 amide bonds. The molecule has 0 aliphatic carbocycles. The third-order valence-corrected chi connectivity index (χ3v) is 4.54. The van der Waals surface area contributed by atoms with Crippen molar-refractivity contribution < 1.29 is 9.21 Å². The van der Waals surface area contributed by atoms with Crippen LogP contribution in [0.5, 0.6) is 0 Å².